The normalized spacial score (nSPS) is 32.9. The van der Waals surface area contributed by atoms with Crippen LogP contribution in [0.15, 0.2) is 12.5 Å². The first-order valence-electron chi connectivity index (χ1n) is 6.62. The third-order valence-electron chi connectivity index (χ3n) is 4.02. The van der Waals surface area contributed by atoms with E-state index in [2.05, 4.69) is 9.97 Å². The number of aryl methyl sites for hydroxylation is 1. The molecule has 2 aromatic heterocycles. The minimum Gasteiger partial charge on any atom is -0.394 e. The van der Waals surface area contributed by atoms with E-state index in [9.17, 15) is 15.3 Å². The lowest BCUT2D eigenvalue weighted by Gasteiger charge is -2.27. The minimum atomic E-state index is -1.56. The summed E-state index contributed by atoms with van der Waals surface area (Å²) >= 11 is 0. The lowest BCUT2D eigenvalue weighted by Crippen LogP contribution is -2.44. The molecule has 4 atom stereocenters. The third-order valence-corrected chi connectivity index (χ3v) is 4.02. The molecule has 3 rings (SSSR count). The summed E-state index contributed by atoms with van der Waals surface area (Å²) in [5.74, 6) is 0.341. The predicted molar refractivity (Wildman–Crippen MR) is 74.3 cm³/mol. The molecule has 0 aliphatic carbocycles. The summed E-state index contributed by atoms with van der Waals surface area (Å²) in [6, 6.07) is 0. The van der Waals surface area contributed by atoms with E-state index in [-0.39, 0.29) is 6.61 Å². The Labute approximate surface area is 120 Å². The van der Waals surface area contributed by atoms with Gasteiger partial charge in [-0.1, -0.05) is 0 Å². The summed E-state index contributed by atoms with van der Waals surface area (Å²) in [6.45, 7) is 2.93. The molecular formula is C13H18N4O4. The average molecular weight is 294 g/mol. The maximum absolute atomic E-state index is 10.5. The zero-order valence-corrected chi connectivity index (χ0v) is 11.8. The molecule has 1 aliphatic rings. The largest absolute Gasteiger partial charge is 0.394 e. The van der Waals surface area contributed by atoms with Gasteiger partial charge in [0, 0.05) is 6.20 Å². The van der Waals surface area contributed by atoms with E-state index in [1.54, 1.807) is 10.8 Å². The van der Waals surface area contributed by atoms with E-state index in [0.29, 0.717) is 16.9 Å². The van der Waals surface area contributed by atoms with Crippen molar-refractivity contribution in [2.75, 3.05) is 12.3 Å². The molecule has 1 aliphatic heterocycles. The van der Waals surface area contributed by atoms with Crippen molar-refractivity contribution in [1.82, 2.24) is 14.5 Å². The van der Waals surface area contributed by atoms with Gasteiger partial charge < -0.3 is 30.4 Å². The van der Waals surface area contributed by atoms with Crippen molar-refractivity contribution in [2.24, 2.45) is 0 Å². The van der Waals surface area contributed by atoms with Crippen LogP contribution in [0.5, 0.6) is 0 Å². The van der Waals surface area contributed by atoms with Crippen molar-refractivity contribution in [1.29, 1.82) is 0 Å². The quantitative estimate of drug-likeness (QED) is 0.578. The number of aliphatic hydroxyl groups excluding tert-OH is 2. The predicted octanol–water partition coefficient (Wildman–Crippen LogP) is -0.676. The maximum Gasteiger partial charge on any atom is 0.167 e. The molecule has 2 unspecified atom stereocenters. The zero-order valence-electron chi connectivity index (χ0n) is 11.8. The molecule has 8 nitrogen and oxygen atoms in total. The summed E-state index contributed by atoms with van der Waals surface area (Å²) in [6.07, 6.45) is 0.125. The first kappa shape index (κ1) is 14.2. The Morgan fingerprint density at radius 1 is 1.48 bits per heavy atom. The highest BCUT2D eigenvalue weighted by atomic mass is 16.6. The molecular weight excluding hydrogens is 276 g/mol. The van der Waals surface area contributed by atoms with Crippen molar-refractivity contribution >= 4 is 16.9 Å². The van der Waals surface area contributed by atoms with Crippen molar-refractivity contribution in [3.63, 3.8) is 0 Å². The Bertz CT molecular complexity index is 684. The second-order valence-corrected chi connectivity index (χ2v) is 5.56. The third kappa shape index (κ3) is 1.91. The molecule has 114 valence electrons. The van der Waals surface area contributed by atoms with E-state index >= 15 is 0 Å². The summed E-state index contributed by atoms with van der Waals surface area (Å²) < 4.78 is 7.21. The summed E-state index contributed by atoms with van der Waals surface area (Å²) in [5, 5.41) is 30.5. The molecule has 0 saturated carbocycles. The van der Waals surface area contributed by atoms with E-state index in [0.717, 1.165) is 5.56 Å². The van der Waals surface area contributed by atoms with Gasteiger partial charge in [0.25, 0.3) is 0 Å². The number of nitrogens with two attached hydrogens (primary N) is 1. The van der Waals surface area contributed by atoms with Crippen molar-refractivity contribution < 1.29 is 20.1 Å². The molecule has 0 aromatic carbocycles. The van der Waals surface area contributed by atoms with Crippen LogP contribution in [0.2, 0.25) is 0 Å². The van der Waals surface area contributed by atoms with Gasteiger partial charge in [0.1, 0.15) is 35.6 Å². The molecule has 0 radical (unpaired) electrons. The second-order valence-electron chi connectivity index (χ2n) is 5.56. The SMILES string of the molecule is Cc1cn([C@@H]2O[C@H](CO)C(O)C2(C)O)c2ncnc(N)c12. The van der Waals surface area contributed by atoms with Crippen LogP contribution in [-0.4, -0.2) is 54.3 Å². The fourth-order valence-corrected chi connectivity index (χ4v) is 2.87. The van der Waals surface area contributed by atoms with Gasteiger partial charge in [-0.25, -0.2) is 9.97 Å². The Balaban J connectivity index is 2.15. The number of ether oxygens (including phenoxy) is 1. The molecule has 0 bridgehead atoms. The lowest BCUT2D eigenvalue weighted by atomic mass is 9.96. The molecule has 1 saturated heterocycles. The summed E-state index contributed by atoms with van der Waals surface area (Å²) in [5.41, 5.74) is 5.64. The van der Waals surface area contributed by atoms with E-state index in [4.69, 9.17) is 10.5 Å². The highest BCUT2D eigenvalue weighted by Crippen LogP contribution is 2.40. The fraction of sp³-hybridized carbons (Fsp3) is 0.538. The highest BCUT2D eigenvalue weighted by molar-refractivity contribution is 5.89. The summed E-state index contributed by atoms with van der Waals surface area (Å²) in [4.78, 5) is 8.14. The van der Waals surface area contributed by atoms with Crippen LogP contribution in [0.4, 0.5) is 5.82 Å². The van der Waals surface area contributed by atoms with Gasteiger partial charge in [-0.15, -0.1) is 0 Å². The van der Waals surface area contributed by atoms with Crippen LogP contribution in [-0.2, 0) is 4.74 Å². The Morgan fingerprint density at radius 2 is 2.19 bits per heavy atom. The molecule has 1 fully saturated rings. The van der Waals surface area contributed by atoms with Crippen LogP contribution in [0, 0.1) is 6.92 Å². The molecule has 0 spiro atoms. The molecule has 0 amide bonds. The van der Waals surface area contributed by atoms with Crippen LogP contribution < -0.4 is 5.73 Å². The fourth-order valence-electron chi connectivity index (χ4n) is 2.87. The van der Waals surface area contributed by atoms with E-state index in [1.165, 1.54) is 13.3 Å². The van der Waals surface area contributed by atoms with Crippen molar-refractivity contribution in [3.8, 4) is 0 Å². The number of fused-ring (bicyclic) bond motifs is 1. The van der Waals surface area contributed by atoms with Gasteiger partial charge in [0.05, 0.1) is 12.0 Å². The van der Waals surface area contributed by atoms with Gasteiger partial charge in [0.15, 0.2) is 6.23 Å². The number of anilines is 1. The van der Waals surface area contributed by atoms with Gasteiger partial charge >= 0.3 is 0 Å². The zero-order chi connectivity index (χ0) is 15.4. The molecule has 5 N–H and O–H groups in total. The Hall–Kier alpha value is -1.74. The van der Waals surface area contributed by atoms with Gasteiger partial charge in [-0.2, -0.15) is 0 Å². The Morgan fingerprint density at radius 3 is 2.81 bits per heavy atom. The molecule has 8 heteroatoms. The smallest absolute Gasteiger partial charge is 0.167 e. The van der Waals surface area contributed by atoms with Crippen molar-refractivity contribution in [3.05, 3.63) is 18.1 Å². The summed E-state index contributed by atoms with van der Waals surface area (Å²) in [7, 11) is 0. The number of nitrogens with zero attached hydrogens (tertiary/aromatic N) is 3. The van der Waals surface area contributed by atoms with Crippen LogP contribution in [0.3, 0.4) is 0 Å². The van der Waals surface area contributed by atoms with Crippen LogP contribution >= 0.6 is 0 Å². The number of hydrogen-bond acceptors (Lipinski definition) is 7. The number of aliphatic hydroxyl groups is 3. The van der Waals surface area contributed by atoms with Gasteiger partial charge in [-0.3, -0.25) is 0 Å². The molecule has 2 aromatic rings. The van der Waals surface area contributed by atoms with E-state index < -0.39 is 24.0 Å². The number of nitrogen functional groups attached to an aromatic ring is 1. The monoisotopic (exact) mass is 294 g/mol. The maximum atomic E-state index is 10.5. The molecule has 21 heavy (non-hydrogen) atoms. The average Bonchev–Trinajstić information content (AvgIpc) is 2.87. The van der Waals surface area contributed by atoms with Crippen LogP contribution in [0.25, 0.3) is 11.0 Å². The first-order chi connectivity index (χ1) is 9.87. The second kappa shape index (κ2) is 4.63. The number of aromatic nitrogens is 3. The van der Waals surface area contributed by atoms with Crippen LogP contribution in [0.1, 0.15) is 18.7 Å². The Kier molecular flexibility index (Phi) is 3.14. The first-order valence-corrected chi connectivity index (χ1v) is 6.62. The van der Waals surface area contributed by atoms with Crippen molar-refractivity contribution in [2.45, 2.75) is 37.9 Å². The number of rotatable bonds is 2. The number of hydrogen-bond donors (Lipinski definition) is 4. The van der Waals surface area contributed by atoms with Gasteiger partial charge in [-0.05, 0) is 19.4 Å². The minimum absolute atomic E-state index is 0.341. The lowest BCUT2D eigenvalue weighted by molar-refractivity contribution is -0.0948. The standard InChI is InChI=1S/C13H18N4O4/c1-6-3-17(11-8(6)10(14)15-5-16-11)12-13(2,20)9(19)7(4-18)21-12/h3,5,7,9,12,18-20H,4H2,1-2H3,(H2,14,15,16)/t7-,9?,12-,13?/m1/s1. The highest BCUT2D eigenvalue weighted by Gasteiger charge is 2.53. The molecule has 3 heterocycles. The van der Waals surface area contributed by atoms with E-state index in [1.807, 2.05) is 6.92 Å². The topological polar surface area (TPSA) is 127 Å². The van der Waals surface area contributed by atoms with Gasteiger partial charge in [0.2, 0.25) is 0 Å².